The molecule has 6 heteroatoms. The summed E-state index contributed by atoms with van der Waals surface area (Å²) in [4.78, 5) is 11.9. The van der Waals surface area contributed by atoms with Crippen LogP contribution in [0.25, 0.3) is 0 Å². The summed E-state index contributed by atoms with van der Waals surface area (Å²) in [6.07, 6.45) is 0.0633. The number of rotatable bonds is 1. The molecule has 0 aromatic rings. The summed E-state index contributed by atoms with van der Waals surface area (Å²) in [6, 6.07) is 0. The fourth-order valence-electron chi connectivity index (χ4n) is 7.57. The lowest BCUT2D eigenvalue weighted by Gasteiger charge is -2.47. The molecule has 0 heterocycles. The predicted molar refractivity (Wildman–Crippen MR) is 102 cm³/mol. The van der Waals surface area contributed by atoms with Gasteiger partial charge >= 0.3 is 5.97 Å². The number of aliphatic hydroxyl groups excluding tert-OH is 2. The fraction of sp³-hybridized carbons (Fsp3) is 0.864. The Morgan fingerprint density at radius 3 is 2.36 bits per heavy atom. The number of carbonyl (C=O) groups is 1. The Morgan fingerprint density at radius 1 is 1.11 bits per heavy atom. The van der Waals surface area contributed by atoms with E-state index in [1.807, 2.05) is 0 Å². The van der Waals surface area contributed by atoms with Crippen LogP contribution in [0.1, 0.15) is 59.8 Å². The zero-order valence-corrected chi connectivity index (χ0v) is 17.3. The van der Waals surface area contributed by atoms with Crippen LogP contribution in [0.3, 0.4) is 0 Å². The standard InChI is InChI=1S/C22H34O6/c1-11-13-6-7-14-18(28-12(2)23)21(13,10-20(14,5)26)9-17(25)22(27)15(11)8-16(24)19(22,3)4/h13-18,24-27H,1,6-10H2,2-5H3/t13-,14+,15-,16+,17-,18-,20-,21-,22+/m0/s1. The van der Waals surface area contributed by atoms with Crippen LogP contribution in [0.15, 0.2) is 12.2 Å². The molecular formula is C22H34O6. The minimum absolute atomic E-state index is 0.0863. The highest BCUT2D eigenvalue weighted by molar-refractivity contribution is 5.66. The van der Waals surface area contributed by atoms with Crippen molar-refractivity contribution in [2.24, 2.45) is 28.6 Å². The van der Waals surface area contributed by atoms with Gasteiger partial charge in [-0.2, -0.15) is 0 Å². The minimum atomic E-state index is -1.51. The number of esters is 1. The van der Waals surface area contributed by atoms with Crippen molar-refractivity contribution in [3.63, 3.8) is 0 Å². The molecule has 1 spiro atoms. The van der Waals surface area contributed by atoms with Crippen molar-refractivity contribution in [1.29, 1.82) is 0 Å². The molecule has 0 radical (unpaired) electrons. The molecule has 158 valence electrons. The maximum atomic E-state index is 11.9. The lowest BCUT2D eigenvalue weighted by atomic mass is 9.61. The van der Waals surface area contributed by atoms with Crippen molar-refractivity contribution in [2.45, 2.75) is 89.3 Å². The Kier molecular flexibility index (Phi) is 4.22. The summed E-state index contributed by atoms with van der Waals surface area (Å²) < 4.78 is 5.77. The molecule has 0 unspecified atom stereocenters. The van der Waals surface area contributed by atoms with E-state index in [9.17, 15) is 25.2 Å². The zero-order valence-electron chi connectivity index (χ0n) is 17.3. The van der Waals surface area contributed by atoms with Crippen molar-refractivity contribution in [2.75, 3.05) is 0 Å². The number of hydrogen-bond donors (Lipinski definition) is 4. The first kappa shape index (κ1) is 20.3. The quantitative estimate of drug-likeness (QED) is 0.397. The van der Waals surface area contributed by atoms with Crippen molar-refractivity contribution in [3.05, 3.63) is 12.2 Å². The van der Waals surface area contributed by atoms with Crippen LogP contribution in [-0.4, -0.2) is 55.9 Å². The molecule has 4 fully saturated rings. The Hall–Kier alpha value is -0.950. The second-order valence-electron chi connectivity index (χ2n) is 10.7. The van der Waals surface area contributed by atoms with Gasteiger partial charge in [0.1, 0.15) is 11.7 Å². The van der Waals surface area contributed by atoms with E-state index in [1.165, 1.54) is 6.92 Å². The van der Waals surface area contributed by atoms with Gasteiger partial charge in [0, 0.05) is 29.6 Å². The fourth-order valence-corrected chi connectivity index (χ4v) is 7.57. The molecule has 6 nitrogen and oxygen atoms in total. The first-order valence-corrected chi connectivity index (χ1v) is 10.5. The van der Waals surface area contributed by atoms with E-state index >= 15 is 0 Å². The summed E-state index contributed by atoms with van der Waals surface area (Å²) in [5.74, 6) is -1.11. The largest absolute Gasteiger partial charge is 0.462 e. The molecule has 0 amide bonds. The summed E-state index contributed by atoms with van der Waals surface area (Å²) in [7, 11) is 0. The van der Waals surface area contributed by atoms with Crippen molar-refractivity contribution in [1.82, 2.24) is 0 Å². The number of carbonyl (C=O) groups excluding carboxylic acids is 1. The number of ether oxygens (including phenoxy) is 1. The molecule has 0 aromatic carbocycles. The van der Waals surface area contributed by atoms with Gasteiger partial charge in [-0.15, -0.1) is 0 Å². The van der Waals surface area contributed by atoms with Gasteiger partial charge in [0.05, 0.1) is 17.8 Å². The highest BCUT2D eigenvalue weighted by atomic mass is 16.5. The van der Waals surface area contributed by atoms with Crippen LogP contribution in [0.4, 0.5) is 0 Å². The summed E-state index contributed by atoms with van der Waals surface area (Å²) in [5, 5.41) is 44.9. The molecule has 0 aliphatic heterocycles. The van der Waals surface area contributed by atoms with E-state index in [1.54, 1.807) is 20.8 Å². The topological polar surface area (TPSA) is 107 Å². The number of fused-ring (bicyclic) bond motifs is 2. The molecule has 0 saturated heterocycles. The summed E-state index contributed by atoms with van der Waals surface area (Å²) in [5.41, 5.74) is -3.26. The van der Waals surface area contributed by atoms with Crippen molar-refractivity contribution >= 4 is 5.97 Å². The molecule has 0 aromatic heterocycles. The van der Waals surface area contributed by atoms with Crippen LogP contribution in [0.5, 0.6) is 0 Å². The minimum Gasteiger partial charge on any atom is -0.462 e. The maximum absolute atomic E-state index is 11.9. The molecule has 9 atom stereocenters. The van der Waals surface area contributed by atoms with Gasteiger partial charge in [-0.25, -0.2) is 0 Å². The summed E-state index contributed by atoms with van der Waals surface area (Å²) in [6.45, 7) is 11.1. The third-order valence-corrected chi connectivity index (χ3v) is 9.00. The highest BCUT2D eigenvalue weighted by Crippen LogP contribution is 2.69. The van der Waals surface area contributed by atoms with E-state index in [0.717, 1.165) is 12.0 Å². The molecule has 4 N–H and O–H groups in total. The number of hydrogen-bond acceptors (Lipinski definition) is 6. The lowest BCUT2D eigenvalue weighted by Crippen LogP contribution is -2.57. The molecule has 4 aliphatic rings. The van der Waals surface area contributed by atoms with Crippen LogP contribution in [0.2, 0.25) is 0 Å². The van der Waals surface area contributed by atoms with Crippen LogP contribution in [0, 0.1) is 28.6 Å². The maximum Gasteiger partial charge on any atom is 0.302 e. The Bertz CT molecular complexity index is 714. The Balaban J connectivity index is 1.86. The van der Waals surface area contributed by atoms with Gasteiger partial charge in [-0.3, -0.25) is 4.79 Å². The second-order valence-corrected chi connectivity index (χ2v) is 10.7. The van der Waals surface area contributed by atoms with Crippen molar-refractivity contribution < 1.29 is 30.0 Å². The molecule has 4 aliphatic carbocycles. The first-order valence-electron chi connectivity index (χ1n) is 10.5. The number of aliphatic hydroxyl groups is 4. The lowest BCUT2D eigenvalue weighted by molar-refractivity contribution is -0.181. The van der Waals surface area contributed by atoms with Crippen LogP contribution in [-0.2, 0) is 9.53 Å². The third-order valence-electron chi connectivity index (χ3n) is 9.00. The van der Waals surface area contributed by atoms with E-state index in [4.69, 9.17) is 4.74 Å². The van der Waals surface area contributed by atoms with Crippen LogP contribution < -0.4 is 0 Å². The molecule has 4 rings (SSSR count). The van der Waals surface area contributed by atoms with Gasteiger partial charge < -0.3 is 25.2 Å². The third kappa shape index (κ3) is 2.26. The van der Waals surface area contributed by atoms with Crippen molar-refractivity contribution in [3.8, 4) is 0 Å². The highest BCUT2D eigenvalue weighted by Gasteiger charge is 2.73. The monoisotopic (exact) mass is 394 g/mol. The SMILES string of the molecule is C=C1[C@@H]2CC[C@@H]3[C@H](OC(C)=O)[C@@]2(C[C@H](O)[C@]2(O)[C@H]1C[C@@H](O)C2(C)C)C[C@]3(C)O. The molecule has 2 bridgehead atoms. The predicted octanol–water partition coefficient (Wildman–Crippen LogP) is 1.54. The van der Waals surface area contributed by atoms with E-state index in [-0.39, 0.29) is 18.3 Å². The normalized spacial score (nSPS) is 54.6. The zero-order chi connectivity index (χ0) is 20.9. The average molecular weight is 395 g/mol. The van der Waals surface area contributed by atoms with E-state index < -0.39 is 52.2 Å². The second kappa shape index (κ2) is 5.81. The molecule has 28 heavy (non-hydrogen) atoms. The van der Waals surface area contributed by atoms with Gasteiger partial charge in [0.2, 0.25) is 0 Å². The van der Waals surface area contributed by atoms with Gasteiger partial charge in [0.15, 0.2) is 0 Å². The smallest absolute Gasteiger partial charge is 0.302 e. The average Bonchev–Trinajstić information content (AvgIpc) is 2.79. The first-order chi connectivity index (χ1) is 12.8. The molecular weight excluding hydrogens is 360 g/mol. The van der Waals surface area contributed by atoms with Gasteiger partial charge in [-0.1, -0.05) is 26.0 Å². The summed E-state index contributed by atoms with van der Waals surface area (Å²) >= 11 is 0. The Morgan fingerprint density at radius 2 is 1.75 bits per heavy atom. The van der Waals surface area contributed by atoms with E-state index in [2.05, 4.69) is 6.58 Å². The van der Waals surface area contributed by atoms with Crippen LogP contribution >= 0.6 is 0 Å². The van der Waals surface area contributed by atoms with Gasteiger partial charge in [-0.05, 0) is 44.9 Å². The Labute approximate surface area is 166 Å². The molecule has 4 saturated carbocycles. The van der Waals surface area contributed by atoms with Gasteiger partial charge in [0.25, 0.3) is 0 Å². The van der Waals surface area contributed by atoms with E-state index in [0.29, 0.717) is 19.3 Å².